The van der Waals surface area contributed by atoms with Gasteiger partial charge < -0.3 is 10.7 Å². The van der Waals surface area contributed by atoms with Gasteiger partial charge in [0.25, 0.3) is 0 Å². The minimum Gasteiger partial charge on any atom is -0.326 e. The number of hydrogen-bond acceptors (Lipinski definition) is 5. The molecule has 3 aromatic heterocycles. The average Bonchev–Trinajstić information content (AvgIpc) is 3.43. The van der Waals surface area contributed by atoms with Gasteiger partial charge in [-0.05, 0) is 23.3 Å². The summed E-state index contributed by atoms with van der Waals surface area (Å²) in [6.07, 6.45) is 1.76. The van der Waals surface area contributed by atoms with Crippen molar-refractivity contribution in [2.75, 3.05) is 0 Å². The molecule has 0 aliphatic heterocycles. The first-order chi connectivity index (χ1) is 17.3. The highest BCUT2D eigenvalue weighted by Crippen LogP contribution is 2.36. The number of benzene rings is 3. The van der Waals surface area contributed by atoms with E-state index in [2.05, 4.69) is 50.5 Å². The number of rotatable bonds is 5. The zero-order chi connectivity index (χ0) is 23.6. The van der Waals surface area contributed by atoms with Gasteiger partial charge in [-0.1, -0.05) is 84.9 Å². The van der Waals surface area contributed by atoms with Crippen LogP contribution in [0.15, 0.2) is 103 Å². The van der Waals surface area contributed by atoms with E-state index in [0.717, 1.165) is 44.4 Å². The summed E-state index contributed by atoms with van der Waals surface area (Å²) in [5.74, 6) is 1.31. The van der Waals surface area contributed by atoms with Crippen LogP contribution in [0, 0.1) is 0 Å². The molecule has 0 unspecified atom stereocenters. The first-order valence-electron chi connectivity index (χ1n) is 11.4. The number of hydrogen-bond donors (Lipinski definition) is 2. The third-order valence-corrected chi connectivity index (χ3v) is 6.05. The minimum absolute atomic E-state index is 0.508. The van der Waals surface area contributed by atoms with Crippen molar-refractivity contribution < 1.29 is 0 Å². The van der Waals surface area contributed by atoms with Crippen LogP contribution in [0.3, 0.4) is 0 Å². The number of aromatic nitrogens is 5. The largest absolute Gasteiger partial charge is 0.326 e. The number of aromatic amines is 1. The van der Waals surface area contributed by atoms with Crippen molar-refractivity contribution in [1.82, 2.24) is 25.1 Å². The van der Waals surface area contributed by atoms with Gasteiger partial charge in [-0.15, -0.1) is 10.2 Å². The van der Waals surface area contributed by atoms with E-state index in [1.54, 1.807) is 6.20 Å². The molecule has 0 aliphatic rings. The van der Waals surface area contributed by atoms with Gasteiger partial charge in [0.2, 0.25) is 0 Å². The standard InChI is InChI=1S/C29H22N6/c30-18-19-11-13-21(14-12-19)26-23(20-7-3-1-4-8-20)17-24-25(32-26)15-16-31-27(24)29-33-28(34-35-29)22-9-5-2-6-10-22/h1-17H,18,30H2,(H,33,34,35). The number of fused-ring (bicyclic) bond motifs is 1. The topological polar surface area (TPSA) is 93.4 Å². The predicted octanol–water partition coefficient (Wildman–Crippen LogP) is 5.87. The summed E-state index contributed by atoms with van der Waals surface area (Å²) in [5, 5.41) is 9.67. The Bertz CT molecular complexity index is 1610. The van der Waals surface area contributed by atoms with Gasteiger partial charge in [-0.3, -0.25) is 4.98 Å². The fourth-order valence-electron chi connectivity index (χ4n) is 4.24. The summed E-state index contributed by atoms with van der Waals surface area (Å²) in [4.78, 5) is 13.1. The number of H-pyrrole nitrogens is 1. The van der Waals surface area contributed by atoms with Crippen LogP contribution in [0.1, 0.15) is 5.56 Å². The molecule has 35 heavy (non-hydrogen) atoms. The molecule has 0 fully saturated rings. The first kappa shape index (κ1) is 20.9. The molecule has 0 radical (unpaired) electrons. The maximum absolute atomic E-state index is 5.81. The Morgan fingerprint density at radius 3 is 2.06 bits per heavy atom. The lowest BCUT2D eigenvalue weighted by atomic mass is 9.96. The van der Waals surface area contributed by atoms with Gasteiger partial charge in [0.1, 0.15) is 5.69 Å². The molecule has 3 N–H and O–H groups in total. The van der Waals surface area contributed by atoms with E-state index in [1.807, 2.05) is 66.7 Å². The van der Waals surface area contributed by atoms with Crippen molar-refractivity contribution in [2.45, 2.75) is 6.54 Å². The average molecular weight is 455 g/mol. The summed E-state index contributed by atoms with van der Waals surface area (Å²) in [6, 6.07) is 32.5. The van der Waals surface area contributed by atoms with Gasteiger partial charge in [-0.25, -0.2) is 4.98 Å². The Hall–Kier alpha value is -4.68. The molecule has 0 aliphatic carbocycles. The summed E-state index contributed by atoms with van der Waals surface area (Å²) in [6.45, 7) is 0.508. The Morgan fingerprint density at radius 2 is 1.34 bits per heavy atom. The van der Waals surface area contributed by atoms with Crippen molar-refractivity contribution in [3.05, 3.63) is 109 Å². The van der Waals surface area contributed by atoms with Crippen LogP contribution in [0.4, 0.5) is 0 Å². The highest BCUT2D eigenvalue weighted by atomic mass is 15.2. The number of nitrogens with one attached hydrogen (secondary N) is 1. The summed E-state index contributed by atoms with van der Waals surface area (Å²) < 4.78 is 0. The highest BCUT2D eigenvalue weighted by molar-refractivity contribution is 5.97. The normalized spacial score (nSPS) is 11.1. The Morgan fingerprint density at radius 1 is 0.657 bits per heavy atom. The lowest BCUT2D eigenvalue weighted by Gasteiger charge is -2.13. The number of nitrogens with two attached hydrogens (primary N) is 1. The van der Waals surface area contributed by atoms with Crippen molar-refractivity contribution in [3.63, 3.8) is 0 Å². The van der Waals surface area contributed by atoms with Crippen LogP contribution < -0.4 is 5.73 Å². The fourth-order valence-corrected chi connectivity index (χ4v) is 4.24. The van der Waals surface area contributed by atoms with Gasteiger partial charge in [-0.2, -0.15) is 0 Å². The summed E-state index contributed by atoms with van der Waals surface area (Å²) in [7, 11) is 0. The quantitative estimate of drug-likeness (QED) is 0.340. The van der Waals surface area contributed by atoms with Crippen molar-refractivity contribution in [2.24, 2.45) is 5.73 Å². The van der Waals surface area contributed by atoms with Crippen LogP contribution in [-0.2, 0) is 6.54 Å². The molecule has 6 rings (SSSR count). The fraction of sp³-hybridized carbons (Fsp3) is 0.0345. The monoisotopic (exact) mass is 454 g/mol. The Labute approximate surface area is 202 Å². The summed E-state index contributed by atoms with van der Waals surface area (Å²) in [5.41, 5.74) is 13.5. The van der Waals surface area contributed by atoms with E-state index in [1.165, 1.54) is 0 Å². The molecule has 6 nitrogen and oxygen atoms in total. The summed E-state index contributed by atoms with van der Waals surface area (Å²) >= 11 is 0. The van der Waals surface area contributed by atoms with E-state index < -0.39 is 0 Å². The second-order valence-electron chi connectivity index (χ2n) is 8.27. The predicted molar refractivity (Wildman–Crippen MR) is 139 cm³/mol. The smallest absolute Gasteiger partial charge is 0.180 e. The Kier molecular flexibility index (Phi) is 5.33. The molecule has 0 atom stereocenters. The molecule has 168 valence electrons. The van der Waals surface area contributed by atoms with Gasteiger partial charge in [0, 0.05) is 34.8 Å². The lowest BCUT2D eigenvalue weighted by molar-refractivity contribution is 1.07. The number of nitrogens with zero attached hydrogens (tertiary/aromatic N) is 4. The van der Waals surface area contributed by atoms with Crippen molar-refractivity contribution in [1.29, 1.82) is 0 Å². The van der Waals surface area contributed by atoms with Crippen LogP contribution in [0.25, 0.3) is 56.2 Å². The van der Waals surface area contributed by atoms with Crippen LogP contribution >= 0.6 is 0 Å². The molecular formula is C29H22N6. The van der Waals surface area contributed by atoms with Crippen LogP contribution in [0.5, 0.6) is 0 Å². The van der Waals surface area contributed by atoms with E-state index in [0.29, 0.717) is 23.9 Å². The van der Waals surface area contributed by atoms with Crippen LogP contribution in [0.2, 0.25) is 0 Å². The highest BCUT2D eigenvalue weighted by Gasteiger charge is 2.17. The second kappa shape index (κ2) is 8.93. The molecule has 0 amide bonds. The van der Waals surface area contributed by atoms with Crippen molar-refractivity contribution >= 4 is 10.9 Å². The van der Waals surface area contributed by atoms with E-state index in [-0.39, 0.29) is 0 Å². The zero-order valence-electron chi connectivity index (χ0n) is 18.9. The van der Waals surface area contributed by atoms with Crippen molar-refractivity contribution in [3.8, 4) is 45.3 Å². The third kappa shape index (κ3) is 3.96. The zero-order valence-corrected chi connectivity index (χ0v) is 18.9. The molecule has 0 saturated carbocycles. The molecule has 6 heteroatoms. The van der Waals surface area contributed by atoms with E-state index >= 15 is 0 Å². The first-order valence-corrected chi connectivity index (χ1v) is 11.4. The molecule has 0 bridgehead atoms. The van der Waals surface area contributed by atoms with Gasteiger partial charge >= 0.3 is 0 Å². The Balaban J connectivity index is 1.54. The van der Waals surface area contributed by atoms with E-state index in [9.17, 15) is 0 Å². The molecular weight excluding hydrogens is 432 g/mol. The maximum atomic E-state index is 5.81. The SMILES string of the molecule is NCc1ccc(-c2nc3ccnc(-c4nnc(-c5ccccc5)[nH]4)c3cc2-c2ccccc2)cc1. The number of pyridine rings is 2. The second-order valence-corrected chi connectivity index (χ2v) is 8.27. The molecule has 3 heterocycles. The van der Waals surface area contributed by atoms with E-state index in [4.69, 9.17) is 10.7 Å². The van der Waals surface area contributed by atoms with Gasteiger partial charge in [0.15, 0.2) is 11.6 Å². The molecule has 0 saturated heterocycles. The maximum Gasteiger partial charge on any atom is 0.180 e. The van der Waals surface area contributed by atoms with Crippen LogP contribution in [-0.4, -0.2) is 25.1 Å². The minimum atomic E-state index is 0.508. The molecule has 6 aromatic rings. The van der Waals surface area contributed by atoms with Gasteiger partial charge in [0.05, 0.1) is 11.2 Å². The molecule has 0 spiro atoms. The lowest BCUT2D eigenvalue weighted by Crippen LogP contribution is -1.97. The third-order valence-electron chi connectivity index (χ3n) is 6.05. The molecule has 3 aromatic carbocycles.